The number of hydrogen-bond acceptors (Lipinski definition) is 2. The van der Waals surface area contributed by atoms with Gasteiger partial charge in [-0.15, -0.1) is 0 Å². The van der Waals surface area contributed by atoms with Gasteiger partial charge in [-0.3, -0.25) is 4.79 Å². The zero-order chi connectivity index (χ0) is 12.9. The first-order valence-corrected chi connectivity index (χ1v) is 7.54. The Balaban J connectivity index is 1.62. The van der Waals surface area contributed by atoms with Crippen LogP contribution in [0.4, 0.5) is 0 Å². The van der Waals surface area contributed by atoms with Crippen molar-refractivity contribution in [2.24, 2.45) is 41.1 Å². The van der Waals surface area contributed by atoms with Crippen LogP contribution < -0.4 is 11.5 Å². The third-order valence-electron chi connectivity index (χ3n) is 5.98. The fraction of sp³-hybridized carbons (Fsp3) is 0.933. The summed E-state index contributed by atoms with van der Waals surface area (Å²) in [5, 5.41) is 0. The van der Waals surface area contributed by atoms with Crippen LogP contribution in [0, 0.1) is 29.6 Å². The van der Waals surface area contributed by atoms with Gasteiger partial charge in [-0.25, -0.2) is 0 Å². The Hall–Kier alpha value is -0.570. The summed E-state index contributed by atoms with van der Waals surface area (Å²) in [4.78, 5) is 11.3. The first-order chi connectivity index (χ1) is 8.45. The van der Waals surface area contributed by atoms with Gasteiger partial charge >= 0.3 is 0 Å². The number of hydrogen-bond donors (Lipinski definition) is 2. The standard InChI is InChI=1S/C15H26N2O/c1-15(17,14(16)18)3-2-13-11-5-9-4-10(7-11)8-12(13)6-9/h9-13H,2-8,17H2,1H3,(H2,16,18). The molecule has 1 unspecified atom stereocenters. The van der Waals surface area contributed by atoms with Gasteiger partial charge in [-0.05, 0) is 81.5 Å². The van der Waals surface area contributed by atoms with E-state index in [2.05, 4.69) is 0 Å². The molecule has 18 heavy (non-hydrogen) atoms. The van der Waals surface area contributed by atoms with Gasteiger partial charge in [-0.2, -0.15) is 0 Å². The Morgan fingerprint density at radius 1 is 1.11 bits per heavy atom. The highest BCUT2D eigenvalue weighted by Gasteiger charge is 2.48. The Morgan fingerprint density at radius 2 is 1.61 bits per heavy atom. The Labute approximate surface area is 110 Å². The summed E-state index contributed by atoms with van der Waals surface area (Å²) in [6.07, 6.45) is 9.12. The molecule has 4 aliphatic carbocycles. The van der Waals surface area contributed by atoms with Crippen molar-refractivity contribution in [3.8, 4) is 0 Å². The van der Waals surface area contributed by atoms with E-state index >= 15 is 0 Å². The summed E-state index contributed by atoms with van der Waals surface area (Å²) in [7, 11) is 0. The van der Waals surface area contributed by atoms with E-state index in [1.807, 2.05) is 0 Å². The molecule has 3 nitrogen and oxygen atoms in total. The average Bonchev–Trinajstić information content (AvgIpc) is 2.26. The summed E-state index contributed by atoms with van der Waals surface area (Å²) < 4.78 is 0. The number of amides is 1. The summed E-state index contributed by atoms with van der Waals surface area (Å²) in [5.41, 5.74) is 10.5. The Bertz CT molecular complexity index is 322. The van der Waals surface area contributed by atoms with Gasteiger partial charge < -0.3 is 11.5 Å². The number of rotatable bonds is 4. The molecule has 0 heterocycles. The first kappa shape index (κ1) is 12.5. The van der Waals surface area contributed by atoms with E-state index in [0.29, 0.717) is 0 Å². The molecule has 4 saturated carbocycles. The quantitative estimate of drug-likeness (QED) is 0.801. The number of carbonyl (C=O) groups excluding carboxylic acids is 1. The average molecular weight is 250 g/mol. The Kier molecular flexibility index (Phi) is 2.92. The smallest absolute Gasteiger partial charge is 0.237 e. The second-order valence-corrected chi connectivity index (χ2v) is 7.41. The minimum atomic E-state index is -0.811. The predicted molar refractivity (Wildman–Crippen MR) is 71.6 cm³/mol. The first-order valence-electron chi connectivity index (χ1n) is 7.54. The summed E-state index contributed by atoms with van der Waals surface area (Å²) in [5.74, 6) is 4.34. The van der Waals surface area contributed by atoms with E-state index < -0.39 is 5.54 Å². The van der Waals surface area contributed by atoms with E-state index in [1.54, 1.807) is 6.92 Å². The van der Waals surface area contributed by atoms with Crippen molar-refractivity contribution in [3.63, 3.8) is 0 Å². The third kappa shape index (κ3) is 2.07. The lowest BCUT2D eigenvalue weighted by Crippen LogP contribution is -2.51. The summed E-state index contributed by atoms with van der Waals surface area (Å²) in [6, 6.07) is 0. The summed E-state index contributed by atoms with van der Waals surface area (Å²) in [6.45, 7) is 1.78. The molecule has 0 spiro atoms. The van der Waals surface area contributed by atoms with E-state index in [-0.39, 0.29) is 5.91 Å². The maximum absolute atomic E-state index is 11.3. The van der Waals surface area contributed by atoms with Crippen molar-refractivity contribution in [3.05, 3.63) is 0 Å². The van der Waals surface area contributed by atoms with Crippen LogP contribution >= 0.6 is 0 Å². The number of primary amides is 1. The molecule has 0 aliphatic heterocycles. The fourth-order valence-electron chi connectivity index (χ4n) is 5.10. The lowest BCUT2D eigenvalue weighted by atomic mass is 9.51. The zero-order valence-electron chi connectivity index (χ0n) is 11.4. The van der Waals surface area contributed by atoms with Gasteiger partial charge in [-0.1, -0.05) is 0 Å². The van der Waals surface area contributed by atoms with Crippen LogP contribution in [-0.2, 0) is 4.79 Å². The van der Waals surface area contributed by atoms with E-state index in [4.69, 9.17) is 11.5 Å². The van der Waals surface area contributed by atoms with Crippen molar-refractivity contribution in [1.29, 1.82) is 0 Å². The molecule has 1 atom stereocenters. The summed E-state index contributed by atoms with van der Waals surface area (Å²) >= 11 is 0. The van der Waals surface area contributed by atoms with Gasteiger partial charge in [0, 0.05) is 0 Å². The normalized spacial score (nSPS) is 44.9. The minimum absolute atomic E-state index is 0.355. The fourth-order valence-corrected chi connectivity index (χ4v) is 5.10. The monoisotopic (exact) mass is 250 g/mol. The van der Waals surface area contributed by atoms with Crippen LogP contribution in [0.15, 0.2) is 0 Å². The molecule has 4 N–H and O–H groups in total. The molecular formula is C15H26N2O. The topological polar surface area (TPSA) is 69.1 Å². The molecule has 4 aliphatic rings. The molecule has 0 aromatic heterocycles. The maximum Gasteiger partial charge on any atom is 0.237 e. The molecule has 0 aromatic rings. The van der Waals surface area contributed by atoms with Crippen molar-refractivity contribution in [1.82, 2.24) is 0 Å². The van der Waals surface area contributed by atoms with Crippen LogP contribution in [0.3, 0.4) is 0 Å². The highest BCUT2D eigenvalue weighted by molar-refractivity contribution is 5.83. The van der Waals surface area contributed by atoms with Crippen LogP contribution in [-0.4, -0.2) is 11.4 Å². The van der Waals surface area contributed by atoms with Gasteiger partial charge in [0.05, 0.1) is 5.54 Å². The third-order valence-corrected chi connectivity index (χ3v) is 5.98. The predicted octanol–water partition coefficient (Wildman–Crippen LogP) is 2.04. The molecule has 4 bridgehead atoms. The van der Waals surface area contributed by atoms with E-state index in [0.717, 1.165) is 42.4 Å². The van der Waals surface area contributed by atoms with Gasteiger partial charge in [0.25, 0.3) is 0 Å². The van der Waals surface area contributed by atoms with Crippen molar-refractivity contribution in [2.75, 3.05) is 0 Å². The molecule has 0 saturated heterocycles. The lowest BCUT2D eigenvalue weighted by Gasteiger charge is -2.55. The molecule has 4 fully saturated rings. The Morgan fingerprint density at radius 3 is 2.06 bits per heavy atom. The second kappa shape index (κ2) is 4.22. The zero-order valence-corrected chi connectivity index (χ0v) is 11.4. The van der Waals surface area contributed by atoms with E-state index in [1.165, 1.54) is 32.1 Å². The molecule has 4 rings (SSSR count). The van der Waals surface area contributed by atoms with Gasteiger partial charge in [0.2, 0.25) is 5.91 Å². The maximum atomic E-state index is 11.3. The molecule has 1 amide bonds. The molecule has 0 aromatic carbocycles. The van der Waals surface area contributed by atoms with Crippen molar-refractivity contribution >= 4 is 5.91 Å². The molecule has 102 valence electrons. The highest BCUT2D eigenvalue weighted by Crippen LogP contribution is 2.57. The minimum Gasteiger partial charge on any atom is -0.368 e. The highest BCUT2D eigenvalue weighted by atomic mass is 16.1. The van der Waals surface area contributed by atoms with Crippen molar-refractivity contribution in [2.45, 2.75) is 57.4 Å². The van der Waals surface area contributed by atoms with Gasteiger partial charge in [0.1, 0.15) is 0 Å². The molecule has 3 heteroatoms. The van der Waals surface area contributed by atoms with Crippen molar-refractivity contribution < 1.29 is 4.79 Å². The van der Waals surface area contributed by atoms with Crippen LogP contribution in [0.5, 0.6) is 0 Å². The SMILES string of the molecule is CC(N)(CCC1C2CC3CC(C2)CC1C3)C(N)=O. The number of carbonyl (C=O) groups is 1. The van der Waals surface area contributed by atoms with E-state index in [9.17, 15) is 4.79 Å². The molecule has 0 radical (unpaired) electrons. The van der Waals surface area contributed by atoms with Crippen LogP contribution in [0.25, 0.3) is 0 Å². The van der Waals surface area contributed by atoms with Crippen LogP contribution in [0.2, 0.25) is 0 Å². The second-order valence-electron chi connectivity index (χ2n) is 7.41. The number of nitrogens with two attached hydrogens (primary N) is 2. The lowest BCUT2D eigenvalue weighted by molar-refractivity contribution is -0.123. The van der Waals surface area contributed by atoms with Crippen LogP contribution in [0.1, 0.15) is 51.9 Å². The van der Waals surface area contributed by atoms with Gasteiger partial charge in [0.15, 0.2) is 0 Å². The largest absolute Gasteiger partial charge is 0.368 e. The molecular weight excluding hydrogens is 224 g/mol.